The van der Waals surface area contributed by atoms with Gasteiger partial charge in [0.05, 0.1) is 5.69 Å². The molecule has 0 N–H and O–H groups in total. The second-order valence-corrected chi connectivity index (χ2v) is 8.64. The van der Waals surface area contributed by atoms with E-state index in [1.54, 1.807) is 30.5 Å². The highest BCUT2D eigenvalue weighted by Crippen LogP contribution is 2.30. The predicted octanol–water partition coefficient (Wildman–Crippen LogP) is 5.97. The number of aryl methyl sites for hydroxylation is 2. The van der Waals surface area contributed by atoms with E-state index in [4.69, 9.17) is 4.18 Å². The standard InChI is InChI=1S/C25H21NO3S/c1-18-12-13-19(2)24(16-18)26-17-23-22-11-7-6-8-20(22)14-15-25(23)29-30(27,28)21-9-4-3-5-10-21/h3-17H,1-2H3. The molecule has 0 atom stereocenters. The van der Waals surface area contributed by atoms with Gasteiger partial charge in [0.1, 0.15) is 4.90 Å². The average molecular weight is 416 g/mol. The maximum Gasteiger partial charge on any atom is 0.339 e. The summed E-state index contributed by atoms with van der Waals surface area (Å²) in [6.45, 7) is 4.00. The van der Waals surface area contributed by atoms with E-state index in [0.29, 0.717) is 5.56 Å². The van der Waals surface area contributed by atoms with Crippen LogP contribution in [0.25, 0.3) is 10.8 Å². The first-order valence-corrected chi connectivity index (χ1v) is 11.0. The Morgan fingerprint density at radius 3 is 2.37 bits per heavy atom. The second kappa shape index (κ2) is 8.13. The van der Waals surface area contributed by atoms with Crippen LogP contribution in [0, 0.1) is 13.8 Å². The molecule has 5 heteroatoms. The van der Waals surface area contributed by atoms with Crippen LogP contribution in [-0.4, -0.2) is 14.6 Å². The summed E-state index contributed by atoms with van der Waals surface area (Å²) in [4.78, 5) is 4.76. The number of aliphatic imine (C=N–C) groups is 1. The Morgan fingerprint density at radius 1 is 0.833 bits per heavy atom. The number of fused-ring (bicyclic) bond motifs is 1. The molecule has 0 aliphatic heterocycles. The zero-order valence-corrected chi connectivity index (χ0v) is 17.6. The van der Waals surface area contributed by atoms with Crippen LogP contribution in [0.4, 0.5) is 5.69 Å². The van der Waals surface area contributed by atoms with E-state index in [1.165, 1.54) is 12.1 Å². The Bertz CT molecular complexity index is 1340. The number of benzene rings is 4. The highest BCUT2D eigenvalue weighted by atomic mass is 32.2. The molecule has 0 bridgehead atoms. The maximum absolute atomic E-state index is 12.8. The van der Waals surface area contributed by atoms with E-state index in [2.05, 4.69) is 4.99 Å². The van der Waals surface area contributed by atoms with Gasteiger partial charge in [-0.25, -0.2) is 0 Å². The van der Waals surface area contributed by atoms with E-state index in [-0.39, 0.29) is 10.6 Å². The molecule has 0 fully saturated rings. The summed E-state index contributed by atoms with van der Waals surface area (Å²) < 4.78 is 31.1. The lowest BCUT2D eigenvalue weighted by Crippen LogP contribution is -2.11. The molecule has 0 amide bonds. The molecular formula is C25H21NO3S. The fraction of sp³-hybridized carbons (Fsp3) is 0.0800. The normalized spacial score (nSPS) is 11.8. The van der Waals surface area contributed by atoms with Crippen molar-refractivity contribution in [3.8, 4) is 5.75 Å². The third-order valence-electron chi connectivity index (χ3n) is 4.86. The molecule has 0 aliphatic rings. The van der Waals surface area contributed by atoms with Gasteiger partial charge >= 0.3 is 10.1 Å². The minimum atomic E-state index is -3.96. The lowest BCUT2D eigenvalue weighted by Gasteiger charge is -2.12. The summed E-state index contributed by atoms with van der Waals surface area (Å²) in [5.41, 5.74) is 3.60. The average Bonchev–Trinajstić information content (AvgIpc) is 2.75. The number of hydrogen-bond donors (Lipinski definition) is 0. The molecule has 0 aliphatic carbocycles. The third-order valence-corrected chi connectivity index (χ3v) is 6.11. The van der Waals surface area contributed by atoms with Crippen LogP contribution in [0.3, 0.4) is 0 Å². The van der Waals surface area contributed by atoms with Crippen LogP contribution in [0.15, 0.2) is 94.8 Å². The quantitative estimate of drug-likeness (QED) is 0.298. The van der Waals surface area contributed by atoms with Crippen molar-refractivity contribution in [1.29, 1.82) is 0 Å². The van der Waals surface area contributed by atoms with Crippen LogP contribution < -0.4 is 4.18 Å². The fourth-order valence-corrected chi connectivity index (χ4v) is 4.20. The maximum atomic E-state index is 12.8. The molecule has 0 aromatic heterocycles. The van der Waals surface area contributed by atoms with Crippen molar-refractivity contribution in [2.75, 3.05) is 0 Å². The molecule has 30 heavy (non-hydrogen) atoms. The van der Waals surface area contributed by atoms with Crippen molar-refractivity contribution in [2.45, 2.75) is 18.7 Å². The molecule has 4 aromatic carbocycles. The summed E-state index contributed by atoms with van der Waals surface area (Å²) in [6.07, 6.45) is 1.68. The van der Waals surface area contributed by atoms with Gasteiger partial charge in [0.2, 0.25) is 0 Å². The van der Waals surface area contributed by atoms with Gasteiger partial charge < -0.3 is 4.18 Å². The van der Waals surface area contributed by atoms with E-state index in [0.717, 1.165) is 27.6 Å². The minimum absolute atomic E-state index is 0.107. The summed E-state index contributed by atoms with van der Waals surface area (Å²) in [5.74, 6) is 0.242. The highest BCUT2D eigenvalue weighted by molar-refractivity contribution is 7.87. The summed E-state index contributed by atoms with van der Waals surface area (Å²) in [7, 11) is -3.96. The molecule has 0 saturated carbocycles. The van der Waals surface area contributed by atoms with Gasteiger partial charge in [0.25, 0.3) is 0 Å². The number of nitrogens with zero attached hydrogens (tertiary/aromatic N) is 1. The molecule has 4 nitrogen and oxygen atoms in total. The van der Waals surface area contributed by atoms with Gasteiger partial charge in [-0.15, -0.1) is 0 Å². The SMILES string of the molecule is Cc1ccc(C)c(N=Cc2c(OS(=O)(=O)c3ccccc3)ccc3ccccc23)c1. The zero-order valence-electron chi connectivity index (χ0n) is 16.7. The molecule has 0 spiro atoms. The zero-order chi connectivity index (χ0) is 21.1. The second-order valence-electron chi connectivity index (χ2n) is 7.10. The van der Waals surface area contributed by atoms with Crippen LogP contribution in [0.1, 0.15) is 16.7 Å². The van der Waals surface area contributed by atoms with Crippen molar-refractivity contribution in [2.24, 2.45) is 4.99 Å². The number of hydrogen-bond acceptors (Lipinski definition) is 4. The van der Waals surface area contributed by atoms with Crippen molar-refractivity contribution < 1.29 is 12.6 Å². The highest BCUT2D eigenvalue weighted by Gasteiger charge is 2.19. The molecule has 150 valence electrons. The summed E-state index contributed by atoms with van der Waals surface area (Å²) in [5, 5.41) is 1.84. The van der Waals surface area contributed by atoms with Crippen molar-refractivity contribution >= 4 is 32.8 Å². The Balaban J connectivity index is 1.83. The van der Waals surface area contributed by atoms with E-state index in [9.17, 15) is 8.42 Å². The Morgan fingerprint density at radius 2 is 1.57 bits per heavy atom. The summed E-state index contributed by atoms with van der Waals surface area (Å²) in [6, 6.07) is 25.4. The summed E-state index contributed by atoms with van der Waals surface area (Å²) >= 11 is 0. The van der Waals surface area contributed by atoms with Gasteiger partial charge in [0.15, 0.2) is 5.75 Å². The topological polar surface area (TPSA) is 55.7 Å². The minimum Gasteiger partial charge on any atom is -0.378 e. The number of rotatable bonds is 5. The Labute approximate surface area is 176 Å². The van der Waals surface area contributed by atoms with E-state index < -0.39 is 10.1 Å². The molecule has 4 rings (SSSR count). The fourth-order valence-electron chi connectivity index (χ4n) is 3.23. The van der Waals surface area contributed by atoms with Gasteiger partial charge in [0, 0.05) is 11.8 Å². The van der Waals surface area contributed by atoms with Gasteiger partial charge in [-0.05, 0) is 60.0 Å². The van der Waals surface area contributed by atoms with Crippen LogP contribution in [0.2, 0.25) is 0 Å². The van der Waals surface area contributed by atoms with Crippen molar-refractivity contribution in [3.63, 3.8) is 0 Å². The van der Waals surface area contributed by atoms with Crippen molar-refractivity contribution in [1.82, 2.24) is 0 Å². The largest absolute Gasteiger partial charge is 0.378 e. The van der Waals surface area contributed by atoms with Crippen molar-refractivity contribution in [3.05, 3.63) is 102 Å². The molecule has 0 saturated heterocycles. The smallest absolute Gasteiger partial charge is 0.339 e. The molecule has 0 unspecified atom stereocenters. The molecular weight excluding hydrogens is 394 g/mol. The lowest BCUT2D eigenvalue weighted by atomic mass is 10.0. The monoisotopic (exact) mass is 415 g/mol. The Kier molecular flexibility index (Phi) is 5.38. The lowest BCUT2D eigenvalue weighted by molar-refractivity contribution is 0.486. The van der Waals surface area contributed by atoms with Gasteiger partial charge in [-0.3, -0.25) is 4.99 Å². The predicted molar refractivity (Wildman–Crippen MR) is 121 cm³/mol. The molecule has 0 radical (unpaired) electrons. The van der Waals surface area contributed by atoms with Gasteiger partial charge in [-0.2, -0.15) is 8.42 Å². The molecule has 0 heterocycles. The van der Waals surface area contributed by atoms with E-state index >= 15 is 0 Å². The van der Waals surface area contributed by atoms with E-state index in [1.807, 2.05) is 62.4 Å². The first kappa shape index (κ1) is 19.9. The molecule has 4 aromatic rings. The first-order valence-electron chi connectivity index (χ1n) is 9.57. The third kappa shape index (κ3) is 4.11. The van der Waals surface area contributed by atoms with Crippen LogP contribution in [0.5, 0.6) is 5.75 Å². The first-order chi connectivity index (χ1) is 14.4. The Hall–Kier alpha value is -3.44. The van der Waals surface area contributed by atoms with Crippen LogP contribution in [-0.2, 0) is 10.1 Å². The van der Waals surface area contributed by atoms with Gasteiger partial charge in [-0.1, -0.05) is 60.7 Å². The van der Waals surface area contributed by atoms with Crippen LogP contribution >= 0.6 is 0 Å².